The fourth-order valence-corrected chi connectivity index (χ4v) is 1.55. The minimum Gasteiger partial charge on any atom is -0.480 e. The van der Waals surface area contributed by atoms with E-state index in [1.54, 1.807) is 0 Å². The zero-order chi connectivity index (χ0) is 12.3. The quantitative estimate of drug-likeness (QED) is 0.804. The van der Waals surface area contributed by atoms with Crippen LogP contribution in [0, 0.1) is 0 Å². The molecule has 0 N–H and O–H groups in total. The zero-order valence-electron chi connectivity index (χ0n) is 8.46. The molecule has 0 fully saturated rings. The molecule has 0 aliphatic carbocycles. The Bertz CT molecular complexity index is 412. The predicted molar refractivity (Wildman–Crippen MR) is 54.8 cm³/mol. The van der Waals surface area contributed by atoms with Crippen LogP contribution in [-0.2, 0) is 4.74 Å². The van der Waals surface area contributed by atoms with Gasteiger partial charge in [-0.05, 0) is 22.0 Å². The maximum atomic E-state index is 12.6. The molecular weight excluding hydrogens is 288 g/mol. The fraction of sp³-hybridized carbons (Fsp3) is 0.333. The molecular formula is C9H8BrF2NO3. The highest BCUT2D eigenvalue weighted by atomic mass is 79.9. The molecule has 0 spiro atoms. The predicted octanol–water partition coefficient (Wildman–Crippen LogP) is 2.58. The SMILES string of the molecule is COC(=O)c1nc(OC)c(Br)cc1C(F)F. The van der Waals surface area contributed by atoms with Crippen molar-refractivity contribution in [3.63, 3.8) is 0 Å². The van der Waals surface area contributed by atoms with E-state index >= 15 is 0 Å². The van der Waals surface area contributed by atoms with Crippen molar-refractivity contribution in [2.45, 2.75) is 6.43 Å². The third kappa shape index (κ3) is 2.46. The molecule has 16 heavy (non-hydrogen) atoms. The molecule has 0 saturated heterocycles. The first-order chi connectivity index (χ1) is 7.51. The number of alkyl halides is 2. The Morgan fingerprint density at radius 1 is 1.50 bits per heavy atom. The van der Waals surface area contributed by atoms with Crippen molar-refractivity contribution in [1.29, 1.82) is 0 Å². The van der Waals surface area contributed by atoms with E-state index in [0.717, 1.165) is 13.2 Å². The minimum absolute atomic E-state index is 0.0461. The van der Waals surface area contributed by atoms with Crippen LogP contribution < -0.4 is 4.74 Å². The number of halogens is 3. The number of hydrogen-bond donors (Lipinski definition) is 0. The summed E-state index contributed by atoms with van der Waals surface area (Å²) in [6.07, 6.45) is -2.82. The number of esters is 1. The molecule has 0 aliphatic rings. The maximum Gasteiger partial charge on any atom is 0.357 e. The summed E-state index contributed by atoms with van der Waals surface area (Å²) in [7, 11) is 2.41. The maximum absolute atomic E-state index is 12.6. The first kappa shape index (κ1) is 12.8. The Morgan fingerprint density at radius 3 is 2.56 bits per heavy atom. The number of ether oxygens (including phenoxy) is 2. The smallest absolute Gasteiger partial charge is 0.357 e. The minimum atomic E-state index is -2.82. The Hall–Kier alpha value is -1.24. The fourth-order valence-electron chi connectivity index (χ4n) is 1.06. The third-order valence-electron chi connectivity index (χ3n) is 1.78. The highest BCUT2D eigenvalue weighted by Crippen LogP contribution is 2.30. The molecule has 4 nitrogen and oxygen atoms in total. The number of carbonyl (C=O) groups excluding carboxylic acids is 1. The van der Waals surface area contributed by atoms with Gasteiger partial charge in [0.2, 0.25) is 5.88 Å². The summed E-state index contributed by atoms with van der Waals surface area (Å²) in [6, 6.07) is 1.09. The summed E-state index contributed by atoms with van der Waals surface area (Å²) >= 11 is 3.01. The molecule has 0 saturated carbocycles. The normalized spacial score (nSPS) is 10.4. The average molecular weight is 296 g/mol. The van der Waals surface area contributed by atoms with Crippen LogP contribution in [0.25, 0.3) is 0 Å². The second-order valence-electron chi connectivity index (χ2n) is 2.71. The lowest BCUT2D eigenvalue weighted by molar-refractivity contribution is 0.0580. The van der Waals surface area contributed by atoms with Gasteiger partial charge in [-0.15, -0.1) is 0 Å². The summed E-state index contributed by atoms with van der Waals surface area (Å²) in [5.74, 6) is -0.883. The van der Waals surface area contributed by atoms with Gasteiger partial charge in [-0.3, -0.25) is 0 Å². The van der Waals surface area contributed by atoms with Crippen molar-refractivity contribution in [3.05, 3.63) is 21.8 Å². The van der Waals surface area contributed by atoms with E-state index in [-0.39, 0.29) is 10.4 Å². The van der Waals surface area contributed by atoms with Crippen molar-refractivity contribution in [1.82, 2.24) is 4.98 Å². The van der Waals surface area contributed by atoms with E-state index in [0.29, 0.717) is 0 Å². The summed E-state index contributed by atoms with van der Waals surface area (Å²) in [5, 5.41) is 0. The van der Waals surface area contributed by atoms with Crippen LogP contribution in [0.4, 0.5) is 8.78 Å². The summed E-state index contributed by atoms with van der Waals surface area (Å²) in [5.41, 5.74) is -0.947. The molecule has 1 heterocycles. The number of methoxy groups -OCH3 is 2. The average Bonchev–Trinajstić information content (AvgIpc) is 2.27. The molecule has 0 bridgehead atoms. The van der Waals surface area contributed by atoms with Gasteiger partial charge in [-0.1, -0.05) is 0 Å². The Morgan fingerprint density at radius 2 is 2.12 bits per heavy atom. The summed E-state index contributed by atoms with van der Waals surface area (Å²) in [6.45, 7) is 0. The molecule has 0 aromatic carbocycles. The molecule has 88 valence electrons. The first-order valence-corrected chi connectivity index (χ1v) is 4.91. The van der Waals surface area contributed by atoms with Gasteiger partial charge in [0.15, 0.2) is 5.69 Å². The number of hydrogen-bond acceptors (Lipinski definition) is 4. The lowest BCUT2D eigenvalue weighted by Crippen LogP contribution is -2.10. The van der Waals surface area contributed by atoms with Gasteiger partial charge < -0.3 is 9.47 Å². The van der Waals surface area contributed by atoms with Gasteiger partial charge in [0, 0.05) is 0 Å². The molecule has 1 aromatic rings. The highest BCUT2D eigenvalue weighted by Gasteiger charge is 2.23. The topological polar surface area (TPSA) is 48.4 Å². The number of pyridine rings is 1. The number of aromatic nitrogens is 1. The van der Waals surface area contributed by atoms with Crippen molar-refractivity contribution in [2.75, 3.05) is 14.2 Å². The highest BCUT2D eigenvalue weighted by molar-refractivity contribution is 9.10. The van der Waals surface area contributed by atoms with Crippen LogP contribution in [0.3, 0.4) is 0 Å². The third-order valence-corrected chi connectivity index (χ3v) is 2.35. The second kappa shape index (κ2) is 5.20. The molecule has 7 heteroatoms. The molecule has 1 aromatic heterocycles. The standard InChI is InChI=1S/C9H8BrF2NO3/c1-15-8-5(10)3-4(7(11)12)6(13-8)9(14)16-2/h3,7H,1-2H3. The zero-order valence-corrected chi connectivity index (χ0v) is 10.0. The number of carbonyl (C=O) groups is 1. The van der Waals surface area contributed by atoms with Crippen molar-refractivity contribution in [3.8, 4) is 5.88 Å². The van der Waals surface area contributed by atoms with Gasteiger partial charge in [0.25, 0.3) is 6.43 Å². The van der Waals surface area contributed by atoms with E-state index in [2.05, 4.69) is 25.7 Å². The molecule has 1 rings (SSSR count). The van der Waals surface area contributed by atoms with Crippen LogP contribution in [0.2, 0.25) is 0 Å². The Balaban J connectivity index is 3.36. The molecule has 0 aliphatic heterocycles. The van der Waals surface area contributed by atoms with Crippen molar-refractivity contribution >= 4 is 21.9 Å². The van der Waals surface area contributed by atoms with Crippen LogP contribution in [0.5, 0.6) is 5.88 Å². The summed E-state index contributed by atoms with van der Waals surface area (Å²) < 4.78 is 34.7. The van der Waals surface area contributed by atoms with E-state index < -0.39 is 23.7 Å². The lowest BCUT2D eigenvalue weighted by atomic mass is 10.2. The summed E-state index contributed by atoms with van der Waals surface area (Å²) in [4.78, 5) is 14.9. The van der Waals surface area contributed by atoms with Gasteiger partial charge >= 0.3 is 5.97 Å². The molecule has 0 unspecified atom stereocenters. The molecule has 0 radical (unpaired) electrons. The monoisotopic (exact) mass is 295 g/mol. The second-order valence-corrected chi connectivity index (χ2v) is 3.56. The van der Waals surface area contributed by atoms with E-state index in [9.17, 15) is 13.6 Å². The van der Waals surface area contributed by atoms with E-state index in [1.165, 1.54) is 7.11 Å². The largest absolute Gasteiger partial charge is 0.480 e. The van der Waals surface area contributed by atoms with Crippen molar-refractivity contribution in [2.24, 2.45) is 0 Å². The van der Waals surface area contributed by atoms with Crippen LogP contribution in [-0.4, -0.2) is 25.2 Å². The first-order valence-electron chi connectivity index (χ1n) is 4.12. The van der Waals surface area contributed by atoms with Gasteiger partial charge in [0.1, 0.15) is 0 Å². The van der Waals surface area contributed by atoms with Gasteiger partial charge in [-0.2, -0.15) is 0 Å². The van der Waals surface area contributed by atoms with Crippen LogP contribution >= 0.6 is 15.9 Å². The van der Waals surface area contributed by atoms with Gasteiger partial charge in [0.05, 0.1) is 24.3 Å². The Labute approximate surface area is 98.7 Å². The van der Waals surface area contributed by atoms with Crippen LogP contribution in [0.15, 0.2) is 10.5 Å². The number of rotatable bonds is 3. The lowest BCUT2D eigenvalue weighted by Gasteiger charge is -2.09. The van der Waals surface area contributed by atoms with E-state index in [4.69, 9.17) is 4.74 Å². The van der Waals surface area contributed by atoms with Gasteiger partial charge in [-0.25, -0.2) is 18.6 Å². The van der Waals surface area contributed by atoms with Crippen LogP contribution in [0.1, 0.15) is 22.5 Å². The molecule has 0 atom stereocenters. The number of nitrogens with zero attached hydrogens (tertiary/aromatic N) is 1. The van der Waals surface area contributed by atoms with E-state index in [1.807, 2.05) is 0 Å². The Kier molecular flexibility index (Phi) is 4.17. The molecule has 0 amide bonds. The van der Waals surface area contributed by atoms with Crippen molar-refractivity contribution < 1.29 is 23.0 Å².